The number of rotatable bonds is 0. The Labute approximate surface area is 119 Å². The molecule has 2 fully saturated rings. The average molecular weight is 278 g/mol. The van der Waals surface area contributed by atoms with Gasteiger partial charge in [0.1, 0.15) is 11.5 Å². The van der Waals surface area contributed by atoms with E-state index in [1.54, 1.807) is 4.90 Å². The van der Waals surface area contributed by atoms with Gasteiger partial charge in [-0.15, -0.1) is 0 Å². The third-order valence-corrected chi connectivity index (χ3v) is 4.09. The summed E-state index contributed by atoms with van der Waals surface area (Å²) in [5.74, 6) is -0.610. The number of hydrogen-bond acceptors (Lipinski definition) is 4. The first-order valence-electron chi connectivity index (χ1n) is 7.20. The van der Waals surface area contributed by atoms with Crippen LogP contribution in [0.4, 0.5) is 4.79 Å². The largest absolute Gasteiger partial charge is 0.444 e. The number of nitrogens with zero attached hydrogens (tertiary/aromatic N) is 2. The van der Waals surface area contributed by atoms with Crippen LogP contribution in [0.25, 0.3) is 0 Å². The van der Waals surface area contributed by atoms with Crippen molar-refractivity contribution in [2.45, 2.75) is 64.0 Å². The molecule has 2 aliphatic rings. The van der Waals surface area contributed by atoms with Crippen LogP contribution in [0.2, 0.25) is 0 Å². The Hall–Kier alpha value is -1.57. The molecule has 5 nitrogen and oxygen atoms in total. The summed E-state index contributed by atoms with van der Waals surface area (Å²) < 4.78 is 5.46. The summed E-state index contributed by atoms with van der Waals surface area (Å²) in [4.78, 5) is 26.0. The fraction of sp³-hybridized carbons (Fsp3) is 0.800. The van der Waals surface area contributed by atoms with Gasteiger partial charge < -0.3 is 9.64 Å². The molecule has 1 saturated carbocycles. The van der Waals surface area contributed by atoms with E-state index in [1.165, 1.54) is 0 Å². The summed E-state index contributed by atoms with van der Waals surface area (Å²) in [6.45, 7) is 6.11. The average Bonchev–Trinajstić information content (AvgIpc) is 2.64. The second-order valence-electron chi connectivity index (χ2n) is 6.84. The highest BCUT2D eigenvalue weighted by molar-refractivity contribution is 5.88. The first-order chi connectivity index (χ1) is 9.27. The molecule has 0 aromatic heterocycles. The first-order valence-corrected chi connectivity index (χ1v) is 7.20. The second kappa shape index (κ2) is 5.08. The van der Waals surface area contributed by atoms with E-state index in [-0.39, 0.29) is 11.9 Å². The van der Waals surface area contributed by atoms with Crippen LogP contribution in [-0.4, -0.2) is 34.5 Å². The molecule has 0 aromatic carbocycles. The van der Waals surface area contributed by atoms with Crippen molar-refractivity contribution in [2.24, 2.45) is 5.92 Å². The van der Waals surface area contributed by atoms with Crippen molar-refractivity contribution in [3.8, 4) is 6.07 Å². The summed E-state index contributed by atoms with van der Waals surface area (Å²) in [7, 11) is 0. The Morgan fingerprint density at radius 3 is 2.70 bits per heavy atom. The third-order valence-electron chi connectivity index (χ3n) is 4.09. The molecule has 1 amide bonds. The first kappa shape index (κ1) is 14.8. The number of ketones is 1. The van der Waals surface area contributed by atoms with Gasteiger partial charge in [-0.1, -0.05) is 0 Å². The van der Waals surface area contributed by atoms with E-state index in [0.29, 0.717) is 19.4 Å². The molecule has 0 aromatic rings. The highest BCUT2D eigenvalue weighted by Gasteiger charge is 2.51. The van der Waals surface area contributed by atoms with Crippen LogP contribution in [0.1, 0.15) is 52.9 Å². The van der Waals surface area contributed by atoms with Crippen molar-refractivity contribution in [1.82, 2.24) is 4.90 Å². The number of ether oxygens (including phenoxy) is 1. The Balaban J connectivity index is 2.20. The van der Waals surface area contributed by atoms with Crippen molar-refractivity contribution < 1.29 is 14.3 Å². The van der Waals surface area contributed by atoms with E-state index < -0.39 is 17.1 Å². The van der Waals surface area contributed by atoms with E-state index in [2.05, 4.69) is 6.07 Å². The van der Waals surface area contributed by atoms with Crippen LogP contribution in [0.15, 0.2) is 0 Å². The number of carbonyl (C=O) groups excluding carboxylic acids is 2. The van der Waals surface area contributed by atoms with Gasteiger partial charge in [-0.3, -0.25) is 4.79 Å². The van der Waals surface area contributed by atoms with Crippen LogP contribution in [-0.2, 0) is 9.53 Å². The number of amides is 1. The fourth-order valence-electron chi connectivity index (χ4n) is 3.23. The molecule has 1 heterocycles. The van der Waals surface area contributed by atoms with E-state index >= 15 is 0 Å². The number of Topliss-reactive ketones (excluding diaryl/α,β-unsaturated/α-hetero) is 1. The molecule has 2 atom stereocenters. The van der Waals surface area contributed by atoms with Crippen LogP contribution in [0, 0.1) is 17.2 Å². The van der Waals surface area contributed by atoms with Crippen LogP contribution >= 0.6 is 0 Å². The molecular weight excluding hydrogens is 256 g/mol. The zero-order valence-corrected chi connectivity index (χ0v) is 12.4. The number of carbonyl (C=O) groups is 2. The minimum Gasteiger partial charge on any atom is -0.444 e. The molecule has 1 saturated heterocycles. The minimum atomic E-state index is -0.571. The highest BCUT2D eigenvalue weighted by Crippen LogP contribution is 2.43. The van der Waals surface area contributed by atoms with Crippen LogP contribution in [0.5, 0.6) is 0 Å². The van der Waals surface area contributed by atoms with Gasteiger partial charge in [0.05, 0.1) is 11.6 Å². The maximum Gasteiger partial charge on any atom is 0.410 e. The maximum atomic E-state index is 12.4. The van der Waals surface area contributed by atoms with Crippen molar-refractivity contribution in [1.29, 1.82) is 5.26 Å². The van der Waals surface area contributed by atoms with E-state index in [0.717, 1.165) is 19.3 Å². The Kier molecular flexibility index (Phi) is 3.77. The summed E-state index contributed by atoms with van der Waals surface area (Å²) in [5.41, 5.74) is -1.04. The van der Waals surface area contributed by atoms with Gasteiger partial charge >= 0.3 is 6.09 Å². The Morgan fingerprint density at radius 1 is 1.45 bits per heavy atom. The molecule has 1 spiro atoms. The van der Waals surface area contributed by atoms with Gasteiger partial charge in [0.15, 0.2) is 5.78 Å². The summed E-state index contributed by atoms with van der Waals surface area (Å²) in [6, 6.07) is 2.06. The lowest BCUT2D eigenvalue weighted by atomic mass is 9.84. The van der Waals surface area contributed by atoms with Crippen molar-refractivity contribution >= 4 is 11.9 Å². The lowest BCUT2D eigenvalue weighted by molar-refractivity contribution is -0.120. The lowest BCUT2D eigenvalue weighted by Crippen LogP contribution is -2.54. The highest BCUT2D eigenvalue weighted by atomic mass is 16.6. The number of nitriles is 1. The molecule has 0 radical (unpaired) electrons. The second-order valence-corrected chi connectivity index (χ2v) is 6.84. The quantitative estimate of drug-likeness (QED) is 0.683. The molecule has 1 aliphatic heterocycles. The molecule has 1 aliphatic carbocycles. The number of likely N-dealkylation sites (tertiary alicyclic amines) is 1. The molecular formula is C15H22N2O3. The van der Waals surface area contributed by atoms with E-state index in [1.807, 2.05) is 20.8 Å². The van der Waals surface area contributed by atoms with E-state index in [4.69, 9.17) is 10.00 Å². The van der Waals surface area contributed by atoms with E-state index in [9.17, 15) is 9.59 Å². The summed E-state index contributed by atoms with van der Waals surface area (Å²) >= 11 is 0. The van der Waals surface area contributed by atoms with Gasteiger partial charge in [0.25, 0.3) is 0 Å². The zero-order chi connectivity index (χ0) is 15.0. The summed E-state index contributed by atoms with van der Waals surface area (Å²) in [6.07, 6.45) is 3.10. The smallest absolute Gasteiger partial charge is 0.410 e. The van der Waals surface area contributed by atoms with Crippen molar-refractivity contribution in [3.05, 3.63) is 0 Å². The third kappa shape index (κ3) is 2.79. The predicted octanol–water partition coefficient (Wildman–Crippen LogP) is 2.65. The predicted molar refractivity (Wildman–Crippen MR) is 72.9 cm³/mol. The molecule has 5 heteroatoms. The standard InChI is InChI=1S/C15H22N2O3/c1-14(2,3)20-13(19)17-7-5-4-6-15(17)8-11(10-16)12(18)9-15/h11H,4-9H2,1-3H3. The molecule has 20 heavy (non-hydrogen) atoms. The normalized spacial score (nSPS) is 30.4. The van der Waals surface area contributed by atoms with Crippen molar-refractivity contribution in [3.63, 3.8) is 0 Å². The molecule has 110 valence electrons. The van der Waals surface area contributed by atoms with Crippen LogP contribution < -0.4 is 0 Å². The molecule has 2 rings (SSSR count). The zero-order valence-electron chi connectivity index (χ0n) is 12.4. The van der Waals surface area contributed by atoms with Gasteiger partial charge in [0, 0.05) is 13.0 Å². The molecule has 0 bridgehead atoms. The van der Waals surface area contributed by atoms with Gasteiger partial charge in [-0.2, -0.15) is 5.26 Å². The van der Waals surface area contributed by atoms with Gasteiger partial charge in [-0.05, 0) is 46.5 Å². The number of hydrogen-bond donors (Lipinski definition) is 0. The molecule has 2 unspecified atom stereocenters. The minimum absolute atomic E-state index is 0.0389. The fourth-order valence-corrected chi connectivity index (χ4v) is 3.23. The van der Waals surface area contributed by atoms with Crippen molar-refractivity contribution in [2.75, 3.05) is 6.54 Å². The SMILES string of the molecule is CC(C)(C)OC(=O)N1CCCCC12CC(=O)C(C#N)C2. The topological polar surface area (TPSA) is 70.4 Å². The monoisotopic (exact) mass is 278 g/mol. The maximum absolute atomic E-state index is 12.4. The van der Waals surface area contributed by atoms with Crippen LogP contribution in [0.3, 0.4) is 0 Å². The lowest BCUT2D eigenvalue weighted by Gasteiger charge is -2.44. The van der Waals surface area contributed by atoms with Gasteiger partial charge in [0.2, 0.25) is 0 Å². The molecule has 0 N–H and O–H groups in total. The Bertz CT molecular complexity index is 461. The Morgan fingerprint density at radius 2 is 2.15 bits per heavy atom. The summed E-state index contributed by atoms with van der Waals surface area (Å²) in [5, 5.41) is 9.06. The van der Waals surface area contributed by atoms with Gasteiger partial charge in [-0.25, -0.2) is 4.79 Å². The number of piperidine rings is 1.